The maximum absolute atomic E-state index is 12.7. The van der Waals surface area contributed by atoms with Crippen LogP contribution in [0.5, 0.6) is 0 Å². The Kier molecular flexibility index (Phi) is 6.83. The summed E-state index contributed by atoms with van der Waals surface area (Å²) in [4.78, 5) is 24.0. The molecule has 0 bridgehead atoms. The smallest absolute Gasteiger partial charge is 0.416 e. The van der Waals surface area contributed by atoms with Gasteiger partial charge in [0, 0.05) is 6.54 Å². The number of nitrogens with one attached hydrogen (secondary N) is 1. The monoisotopic (exact) mass is 369 g/mol. The molecule has 0 saturated carbocycles. The molecule has 2 rings (SSSR count). The fraction of sp³-hybridized carbons (Fsp3) is 0.474. The zero-order chi connectivity index (χ0) is 19.2. The third-order valence-corrected chi connectivity index (χ3v) is 4.21. The molecule has 0 radical (unpaired) electrons. The average molecular weight is 369 g/mol. The summed E-state index contributed by atoms with van der Waals surface area (Å²) >= 11 is 0. The summed E-state index contributed by atoms with van der Waals surface area (Å²) in [6.07, 6.45) is 1.75. The zero-order valence-corrected chi connectivity index (χ0v) is 14.6. The number of rotatable bonds is 6. The van der Waals surface area contributed by atoms with E-state index in [-0.39, 0.29) is 5.56 Å². The molecular formula is C19H22F3NO3. The van der Waals surface area contributed by atoms with E-state index in [1.807, 2.05) is 0 Å². The number of amides is 1. The lowest BCUT2D eigenvalue weighted by Gasteiger charge is -2.16. The van der Waals surface area contributed by atoms with E-state index in [0.29, 0.717) is 12.6 Å². The van der Waals surface area contributed by atoms with Crippen LogP contribution in [0.15, 0.2) is 35.9 Å². The van der Waals surface area contributed by atoms with E-state index < -0.39 is 29.7 Å². The molecular weight excluding hydrogens is 347 g/mol. The van der Waals surface area contributed by atoms with Crippen molar-refractivity contribution < 1.29 is 27.5 Å². The zero-order valence-electron chi connectivity index (χ0n) is 14.6. The van der Waals surface area contributed by atoms with Gasteiger partial charge in [-0.2, -0.15) is 13.2 Å². The molecule has 4 nitrogen and oxygen atoms in total. The Hall–Kier alpha value is -2.31. The van der Waals surface area contributed by atoms with Gasteiger partial charge in [-0.3, -0.25) is 4.79 Å². The quantitative estimate of drug-likeness (QED) is 0.602. The molecule has 26 heavy (non-hydrogen) atoms. The molecule has 1 N–H and O–H groups in total. The van der Waals surface area contributed by atoms with E-state index in [0.717, 1.165) is 37.8 Å². The van der Waals surface area contributed by atoms with Gasteiger partial charge in [0.05, 0.1) is 11.1 Å². The van der Waals surface area contributed by atoms with Crippen LogP contribution in [0.2, 0.25) is 0 Å². The Balaban J connectivity index is 1.84. The number of halogens is 3. The maximum Gasteiger partial charge on any atom is 0.416 e. The van der Waals surface area contributed by atoms with Crippen LogP contribution >= 0.6 is 0 Å². The number of allylic oxidation sites excluding steroid dienone is 1. The summed E-state index contributed by atoms with van der Waals surface area (Å²) < 4.78 is 43.1. The molecule has 1 aromatic rings. The summed E-state index contributed by atoms with van der Waals surface area (Å²) in [6, 6.07) is 3.93. The number of benzene rings is 1. The third kappa shape index (κ3) is 5.89. The van der Waals surface area contributed by atoms with Crippen molar-refractivity contribution in [2.24, 2.45) is 0 Å². The van der Waals surface area contributed by atoms with Gasteiger partial charge in [0.25, 0.3) is 5.91 Å². The topological polar surface area (TPSA) is 55.4 Å². The lowest BCUT2D eigenvalue weighted by molar-refractivity contribution is -0.137. The van der Waals surface area contributed by atoms with Crippen molar-refractivity contribution in [1.29, 1.82) is 0 Å². The van der Waals surface area contributed by atoms with Gasteiger partial charge in [0.15, 0.2) is 6.10 Å². The Bertz CT molecular complexity index is 683. The maximum atomic E-state index is 12.7. The van der Waals surface area contributed by atoms with Gasteiger partial charge in [-0.05, 0) is 57.2 Å². The van der Waals surface area contributed by atoms with Crippen molar-refractivity contribution in [3.8, 4) is 0 Å². The van der Waals surface area contributed by atoms with Gasteiger partial charge in [-0.1, -0.05) is 17.7 Å². The molecule has 0 spiro atoms. The number of esters is 1. The molecule has 0 unspecified atom stereocenters. The minimum absolute atomic E-state index is 0.244. The summed E-state index contributed by atoms with van der Waals surface area (Å²) in [5.41, 5.74) is 0.127. The second-order valence-electron chi connectivity index (χ2n) is 6.28. The first-order valence-electron chi connectivity index (χ1n) is 8.61. The Labute approximate surface area is 150 Å². The van der Waals surface area contributed by atoms with Crippen LogP contribution < -0.4 is 5.32 Å². The molecule has 0 aromatic heterocycles. The molecule has 1 atom stereocenters. The van der Waals surface area contributed by atoms with Gasteiger partial charge in [0.2, 0.25) is 0 Å². The Morgan fingerprint density at radius 2 is 2.04 bits per heavy atom. The van der Waals surface area contributed by atoms with Crippen molar-refractivity contribution in [3.05, 3.63) is 47.0 Å². The highest BCUT2D eigenvalue weighted by molar-refractivity contribution is 5.92. The van der Waals surface area contributed by atoms with Crippen LogP contribution in [0.1, 0.15) is 54.9 Å². The molecule has 1 amide bonds. The van der Waals surface area contributed by atoms with Crippen molar-refractivity contribution in [2.45, 2.75) is 51.3 Å². The molecule has 0 saturated heterocycles. The van der Waals surface area contributed by atoms with Crippen LogP contribution in [-0.4, -0.2) is 24.5 Å². The van der Waals surface area contributed by atoms with E-state index in [9.17, 15) is 22.8 Å². The molecule has 0 aliphatic heterocycles. The number of hydrogen-bond acceptors (Lipinski definition) is 3. The first-order valence-corrected chi connectivity index (χ1v) is 8.61. The fourth-order valence-corrected chi connectivity index (χ4v) is 2.73. The van der Waals surface area contributed by atoms with Gasteiger partial charge < -0.3 is 10.1 Å². The van der Waals surface area contributed by atoms with Crippen LogP contribution in [-0.2, 0) is 15.7 Å². The van der Waals surface area contributed by atoms with E-state index in [4.69, 9.17) is 4.74 Å². The average Bonchev–Trinajstić information content (AvgIpc) is 2.61. The van der Waals surface area contributed by atoms with Crippen LogP contribution in [0.25, 0.3) is 0 Å². The van der Waals surface area contributed by atoms with Crippen LogP contribution in [0, 0.1) is 0 Å². The van der Waals surface area contributed by atoms with E-state index in [1.165, 1.54) is 25.0 Å². The predicted octanol–water partition coefficient (Wildman–Crippen LogP) is 4.26. The first kappa shape index (κ1) is 20.0. The third-order valence-electron chi connectivity index (χ3n) is 4.21. The number of hydrogen-bond donors (Lipinski definition) is 1. The number of carbonyl (C=O) groups is 2. The van der Waals surface area contributed by atoms with Gasteiger partial charge >= 0.3 is 12.1 Å². The number of carbonyl (C=O) groups excluding carboxylic acids is 2. The second kappa shape index (κ2) is 8.87. The second-order valence-corrected chi connectivity index (χ2v) is 6.28. The van der Waals surface area contributed by atoms with E-state index >= 15 is 0 Å². The highest BCUT2D eigenvalue weighted by atomic mass is 19.4. The van der Waals surface area contributed by atoms with Crippen molar-refractivity contribution in [2.75, 3.05) is 6.54 Å². The molecule has 0 fully saturated rings. The molecule has 1 aliphatic carbocycles. The number of ether oxygens (including phenoxy) is 1. The van der Waals surface area contributed by atoms with Gasteiger partial charge in [0.1, 0.15) is 0 Å². The summed E-state index contributed by atoms with van der Waals surface area (Å²) in [5, 5.41) is 2.69. The van der Waals surface area contributed by atoms with Gasteiger partial charge in [-0.25, -0.2) is 4.79 Å². The van der Waals surface area contributed by atoms with E-state index in [1.54, 1.807) is 0 Å². The lowest BCUT2D eigenvalue weighted by atomic mass is 9.97. The van der Waals surface area contributed by atoms with Crippen LogP contribution in [0.3, 0.4) is 0 Å². The van der Waals surface area contributed by atoms with E-state index in [2.05, 4.69) is 11.4 Å². The standard InChI is InChI=1S/C19H22F3NO3/c1-13(17(24)23-11-10-14-6-3-2-4-7-14)26-18(25)15-8-5-9-16(12-15)19(20,21)22/h5-6,8-9,12-13H,2-4,7,10-11H2,1H3,(H,23,24)/t13-/m1/s1. The summed E-state index contributed by atoms with van der Waals surface area (Å²) in [7, 11) is 0. The highest BCUT2D eigenvalue weighted by Crippen LogP contribution is 2.29. The molecule has 7 heteroatoms. The molecule has 142 valence electrons. The summed E-state index contributed by atoms with van der Waals surface area (Å²) in [5.74, 6) is -1.43. The predicted molar refractivity (Wildman–Crippen MR) is 90.5 cm³/mol. The molecule has 1 aromatic carbocycles. The first-order chi connectivity index (χ1) is 12.3. The molecule has 0 heterocycles. The fourth-order valence-electron chi connectivity index (χ4n) is 2.73. The minimum Gasteiger partial charge on any atom is -0.449 e. The van der Waals surface area contributed by atoms with Crippen molar-refractivity contribution in [3.63, 3.8) is 0 Å². The Morgan fingerprint density at radius 3 is 2.69 bits per heavy atom. The SMILES string of the molecule is C[C@@H](OC(=O)c1cccc(C(F)(F)F)c1)C(=O)NCCC1=CCCCC1. The normalized spacial score (nSPS) is 15.8. The van der Waals surface area contributed by atoms with Crippen molar-refractivity contribution in [1.82, 2.24) is 5.32 Å². The lowest BCUT2D eigenvalue weighted by Crippen LogP contribution is -2.36. The van der Waals surface area contributed by atoms with Crippen molar-refractivity contribution >= 4 is 11.9 Å². The Morgan fingerprint density at radius 1 is 1.27 bits per heavy atom. The number of alkyl halides is 3. The van der Waals surface area contributed by atoms with Gasteiger partial charge in [-0.15, -0.1) is 0 Å². The molecule has 1 aliphatic rings. The largest absolute Gasteiger partial charge is 0.449 e. The minimum atomic E-state index is -4.55. The van der Waals surface area contributed by atoms with Crippen LogP contribution in [0.4, 0.5) is 13.2 Å². The summed E-state index contributed by atoms with van der Waals surface area (Å²) in [6.45, 7) is 1.83. The highest BCUT2D eigenvalue weighted by Gasteiger charge is 2.31.